The molecule has 8 heteroatoms. The lowest BCUT2D eigenvalue weighted by atomic mass is 10.1. The maximum Gasteiger partial charge on any atom is 0.402 e. The Labute approximate surface area is 124 Å². The third-order valence-corrected chi connectivity index (χ3v) is 5.18. The Morgan fingerprint density at radius 3 is 2.10 bits per heavy atom. The maximum atomic E-state index is 14.3. The van der Waals surface area contributed by atoms with Crippen LogP contribution in [0.25, 0.3) is 0 Å². The summed E-state index contributed by atoms with van der Waals surface area (Å²) in [4.78, 5) is 0. The molecule has 20 heavy (non-hydrogen) atoms. The lowest BCUT2D eigenvalue weighted by Crippen LogP contribution is -2.28. The van der Waals surface area contributed by atoms with Crippen LogP contribution in [0.5, 0.6) is 0 Å². The van der Waals surface area contributed by atoms with Crippen LogP contribution in [-0.4, -0.2) is 24.0 Å². The second kappa shape index (κ2) is 7.09. The highest BCUT2D eigenvalue weighted by atomic mass is 79.9. The van der Waals surface area contributed by atoms with Crippen LogP contribution in [0.4, 0.5) is 8.78 Å². The zero-order valence-electron chi connectivity index (χ0n) is 11.1. The van der Waals surface area contributed by atoms with Crippen LogP contribution in [0.15, 0.2) is 28.7 Å². The van der Waals surface area contributed by atoms with Crippen LogP contribution < -0.4 is 0 Å². The minimum absolute atomic E-state index is 0.0715. The van der Waals surface area contributed by atoms with E-state index in [0.29, 0.717) is 4.47 Å². The normalized spacial score (nSPS) is 14.3. The van der Waals surface area contributed by atoms with Crippen molar-refractivity contribution >= 4 is 23.5 Å². The third-order valence-electron chi connectivity index (χ3n) is 2.48. The summed E-state index contributed by atoms with van der Waals surface area (Å²) in [5.74, 6) is 0. The first-order valence-electron chi connectivity index (χ1n) is 5.99. The van der Waals surface area contributed by atoms with Gasteiger partial charge in [0.05, 0.1) is 13.2 Å². The molecule has 4 nitrogen and oxygen atoms in total. The number of hydrogen-bond acceptors (Lipinski definition) is 4. The average molecular weight is 373 g/mol. The maximum absolute atomic E-state index is 14.3. The first-order valence-corrected chi connectivity index (χ1v) is 8.32. The van der Waals surface area contributed by atoms with Crippen molar-refractivity contribution in [1.29, 1.82) is 0 Å². The predicted molar refractivity (Wildman–Crippen MR) is 74.9 cm³/mol. The molecule has 0 aliphatic rings. The van der Waals surface area contributed by atoms with Crippen LogP contribution in [-0.2, 0) is 13.6 Å². The minimum Gasteiger partial charge on any atom is -0.381 e. The highest BCUT2D eigenvalue weighted by molar-refractivity contribution is 9.10. The van der Waals surface area contributed by atoms with Gasteiger partial charge in [-0.2, -0.15) is 8.78 Å². The van der Waals surface area contributed by atoms with Crippen molar-refractivity contribution in [1.82, 2.24) is 0 Å². The van der Waals surface area contributed by atoms with Gasteiger partial charge in [-0.15, -0.1) is 0 Å². The predicted octanol–water partition coefficient (Wildman–Crippen LogP) is 4.34. The summed E-state index contributed by atoms with van der Waals surface area (Å²) in [7, 11) is -4.75. The molecule has 0 spiro atoms. The lowest BCUT2D eigenvalue weighted by Gasteiger charge is -2.29. The van der Waals surface area contributed by atoms with E-state index in [-0.39, 0.29) is 18.8 Å². The van der Waals surface area contributed by atoms with Crippen molar-refractivity contribution in [2.24, 2.45) is 0 Å². The average Bonchev–Trinajstić information content (AvgIpc) is 2.39. The molecule has 1 atom stereocenters. The molecule has 0 aliphatic carbocycles. The largest absolute Gasteiger partial charge is 0.402 e. The molecule has 114 valence electrons. The fourth-order valence-corrected chi connectivity index (χ4v) is 3.36. The molecule has 1 N–H and O–H groups in total. The van der Waals surface area contributed by atoms with Gasteiger partial charge >= 0.3 is 13.3 Å². The molecule has 0 fully saturated rings. The molecule has 0 saturated heterocycles. The lowest BCUT2D eigenvalue weighted by molar-refractivity contribution is -0.0676. The van der Waals surface area contributed by atoms with Crippen molar-refractivity contribution in [2.75, 3.05) is 13.2 Å². The van der Waals surface area contributed by atoms with Gasteiger partial charge in [0.25, 0.3) is 0 Å². The number of halogens is 3. The first-order chi connectivity index (χ1) is 9.28. The van der Waals surface area contributed by atoms with Crippen LogP contribution in [0, 0.1) is 0 Å². The van der Waals surface area contributed by atoms with Crippen molar-refractivity contribution in [3.05, 3.63) is 34.3 Å². The van der Waals surface area contributed by atoms with Gasteiger partial charge in [0.1, 0.15) is 0 Å². The zero-order valence-corrected chi connectivity index (χ0v) is 13.5. The van der Waals surface area contributed by atoms with Gasteiger partial charge in [-0.3, -0.25) is 4.57 Å². The SMILES string of the molecule is CCOP(=O)(OCC)C(F)(F)[C@@H](O)c1ccc(Br)cc1. The number of alkyl halides is 2. The van der Waals surface area contributed by atoms with Crippen molar-refractivity contribution in [3.8, 4) is 0 Å². The summed E-state index contributed by atoms with van der Waals surface area (Å²) < 4.78 is 50.6. The summed E-state index contributed by atoms with van der Waals surface area (Å²) in [5.41, 5.74) is -4.11. The standard InChI is InChI=1S/C12H16BrF2O4P/c1-3-18-20(17,19-4-2)12(14,15)11(16)9-5-7-10(13)8-6-9/h5-8,11,16H,3-4H2,1-2H3/t11-/m0/s1. The van der Waals surface area contributed by atoms with Gasteiger partial charge < -0.3 is 14.2 Å². The van der Waals surface area contributed by atoms with E-state index in [4.69, 9.17) is 0 Å². The van der Waals surface area contributed by atoms with E-state index in [1.54, 1.807) is 0 Å². The molecular formula is C12H16BrF2O4P. The summed E-state index contributed by atoms with van der Waals surface area (Å²) in [6.45, 7) is 2.43. The number of aliphatic hydroxyl groups excluding tert-OH is 1. The molecule has 0 bridgehead atoms. The summed E-state index contributed by atoms with van der Waals surface area (Å²) >= 11 is 3.16. The molecule has 0 saturated carbocycles. The highest BCUT2D eigenvalue weighted by Gasteiger charge is 2.59. The molecule has 0 aliphatic heterocycles. The second-order valence-corrected chi connectivity index (χ2v) is 6.90. The first kappa shape index (κ1) is 17.7. The van der Waals surface area contributed by atoms with E-state index in [9.17, 15) is 18.5 Å². The number of aliphatic hydroxyl groups is 1. The van der Waals surface area contributed by atoms with Crippen LogP contribution >= 0.6 is 23.5 Å². The summed E-state index contributed by atoms with van der Waals surface area (Å²) in [6, 6.07) is 5.62. The van der Waals surface area contributed by atoms with E-state index in [1.165, 1.54) is 38.1 Å². The van der Waals surface area contributed by atoms with Crippen molar-refractivity contribution in [2.45, 2.75) is 25.6 Å². The monoisotopic (exact) mass is 372 g/mol. The molecule has 1 aromatic carbocycles. The van der Waals surface area contributed by atoms with E-state index in [2.05, 4.69) is 25.0 Å². The number of benzene rings is 1. The highest BCUT2D eigenvalue weighted by Crippen LogP contribution is 2.66. The summed E-state index contributed by atoms with van der Waals surface area (Å²) in [6.07, 6.45) is -2.28. The van der Waals surface area contributed by atoms with Crippen LogP contribution in [0.1, 0.15) is 25.5 Å². The van der Waals surface area contributed by atoms with E-state index < -0.39 is 19.4 Å². The Morgan fingerprint density at radius 2 is 1.70 bits per heavy atom. The molecule has 0 aromatic heterocycles. The smallest absolute Gasteiger partial charge is 0.381 e. The fraction of sp³-hybridized carbons (Fsp3) is 0.500. The van der Waals surface area contributed by atoms with E-state index >= 15 is 0 Å². The van der Waals surface area contributed by atoms with Gasteiger partial charge in [-0.05, 0) is 31.5 Å². The quantitative estimate of drug-likeness (QED) is 0.723. The van der Waals surface area contributed by atoms with Crippen LogP contribution in [0.3, 0.4) is 0 Å². The molecule has 0 amide bonds. The summed E-state index contributed by atoms with van der Waals surface area (Å²) in [5, 5.41) is 9.83. The van der Waals surface area contributed by atoms with Crippen molar-refractivity contribution in [3.63, 3.8) is 0 Å². The fourth-order valence-electron chi connectivity index (χ4n) is 1.54. The zero-order chi connectivity index (χ0) is 15.4. The second-order valence-electron chi connectivity index (χ2n) is 3.87. The van der Waals surface area contributed by atoms with Crippen molar-refractivity contribution < 1.29 is 27.5 Å². The molecule has 0 radical (unpaired) electrons. The van der Waals surface area contributed by atoms with Gasteiger partial charge in [-0.25, -0.2) is 0 Å². The van der Waals surface area contributed by atoms with Crippen LogP contribution in [0.2, 0.25) is 0 Å². The molecule has 0 heterocycles. The topological polar surface area (TPSA) is 55.8 Å². The van der Waals surface area contributed by atoms with Gasteiger partial charge in [0, 0.05) is 4.47 Å². The number of rotatable bonds is 7. The Kier molecular flexibility index (Phi) is 6.28. The van der Waals surface area contributed by atoms with Gasteiger partial charge in [0.2, 0.25) is 0 Å². The molecule has 1 aromatic rings. The molecule has 0 unspecified atom stereocenters. The van der Waals surface area contributed by atoms with Gasteiger partial charge in [-0.1, -0.05) is 28.1 Å². The third kappa shape index (κ3) is 3.65. The van der Waals surface area contributed by atoms with Gasteiger partial charge in [0.15, 0.2) is 6.10 Å². The van der Waals surface area contributed by atoms with E-state index in [1.807, 2.05) is 0 Å². The Balaban J connectivity index is 3.11. The Morgan fingerprint density at radius 1 is 1.25 bits per heavy atom. The molecular weight excluding hydrogens is 357 g/mol. The Hall–Kier alpha value is -0.330. The Bertz CT molecular complexity index is 471. The molecule has 1 rings (SSSR count). The minimum atomic E-state index is -4.75. The number of hydrogen-bond donors (Lipinski definition) is 1. The van der Waals surface area contributed by atoms with E-state index in [0.717, 1.165) is 0 Å².